The number of hydrogen-bond donors (Lipinski definition) is 0. The Kier molecular flexibility index (Phi) is 4.06. The molecule has 0 aromatic carbocycles. The van der Waals surface area contributed by atoms with Gasteiger partial charge >= 0.3 is 0 Å². The summed E-state index contributed by atoms with van der Waals surface area (Å²) >= 11 is 0. The topological polar surface area (TPSA) is 49.3 Å². The standard InChI is InChI=1S/C17H26N4O/c1-13(2)12-21-9-6-17(15(21)22)4-7-20(8-5-17)16-18-10-14(3)11-19-16/h10-11,13H,4-9,12H2,1-3H3. The third-order valence-corrected chi connectivity index (χ3v) is 4.96. The number of amides is 1. The van der Waals surface area contributed by atoms with Crippen LogP contribution in [0.1, 0.15) is 38.7 Å². The average molecular weight is 302 g/mol. The van der Waals surface area contributed by atoms with Gasteiger partial charge in [-0.15, -0.1) is 0 Å². The molecule has 0 bridgehead atoms. The molecule has 5 heteroatoms. The molecule has 0 saturated carbocycles. The van der Waals surface area contributed by atoms with Crippen molar-refractivity contribution in [1.29, 1.82) is 0 Å². The molecule has 5 nitrogen and oxygen atoms in total. The van der Waals surface area contributed by atoms with Crippen LogP contribution >= 0.6 is 0 Å². The number of aryl methyl sites for hydroxylation is 1. The van der Waals surface area contributed by atoms with Crippen molar-refractivity contribution in [2.45, 2.75) is 40.0 Å². The number of likely N-dealkylation sites (tertiary alicyclic amines) is 1. The highest BCUT2D eigenvalue weighted by Gasteiger charge is 2.48. The number of piperidine rings is 1. The van der Waals surface area contributed by atoms with Crippen LogP contribution in [0.3, 0.4) is 0 Å². The van der Waals surface area contributed by atoms with Crippen LogP contribution in [0.25, 0.3) is 0 Å². The summed E-state index contributed by atoms with van der Waals surface area (Å²) in [5, 5.41) is 0. The molecule has 2 aliphatic rings. The molecule has 3 heterocycles. The first kappa shape index (κ1) is 15.3. The van der Waals surface area contributed by atoms with Crippen LogP contribution in [0.4, 0.5) is 5.95 Å². The molecular formula is C17H26N4O. The molecule has 0 N–H and O–H groups in total. The van der Waals surface area contributed by atoms with Crippen LogP contribution in [0.15, 0.2) is 12.4 Å². The van der Waals surface area contributed by atoms with Gasteiger partial charge in [0.25, 0.3) is 0 Å². The van der Waals surface area contributed by atoms with E-state index in [0.29, 0.717) is 11.8 Å². The summed E-state index contributed by atoms with van der Waals surface area (Å²) in [5.74, 6) is 1.72. The molecule has 0 atom stereocenters. The number of rotatable bonds is 3. The third-order valence-electron chi connectivity index (χ3n) is 4.96. The fraction of sp³-hybridized carbons (Fsp3) is 0.706. The largest absolute Gasteiger partial charge is 0.342 e. The molecule has 3 rings (SSSR count). The van der Waals surface area contributed by atoms with E-state index in [1.165, 1.54) is 0 Å². The van der Waals surface area contributed by atoms with E-state index in [1.807, 2.05) is 19.3 Å². The molecule has 1 amide bonds. The highest BCUT2D eigenvalue weighted by atomic mass is 16.2. The molecule has 1 aromatic rings. The lowest BCUT2D eigenvalue weighted by molar-refractivity contribution is -0.137. The molecule has 120 valence electrons. The quantitative estimate of drug-likeness (QED) is 0.859. The van der Waals surface area contributed by atoms with E-state index >= 15 is 0 Å². The third kappa shape index (κ3) is 2.81. The van der Waals surface area contributed by atoms with Gasteiger partial charge in [0.2, 0.25) is 11.9 Å². The lowest BCUT2D eigenvalue weighted by atomic mass is 9.77. The Bertz CT molecular complexity index is 532. The van der Waals surface area contributed by atoms with Crippen LogP contribution in [0.5, 0.6) is 0 Å². The molecule has 2 fully saturated rings. The summed E-state index contributed by atoms with van der Waals surface area (Å²) in [5.41, 5.74) is 0.961. The predicted octanol–water partition coefficient (Wildman–Crippen LogP) is 2.26. The molecule has 1 aromatic heterocycles. The summed E-state index contributed by atoms with van der Waals surface area (Å²) in [7, 11) is 0. The van der Waals surface area contributed by atoms with Crippen molar-refractivity contribution in [1.82, 2.24) is 14.9 Å². The van der Waals surface area contributed by atoms with Gasteiger partial charge in [0.15, 0.2) is 0 Å². The number of hydrogen-bond acceptors (Lipinski definition) is 4. The van der Waals surface area contributed by atoms with E-state index < -0.39 is 0 Å². The summed E-state index contributed by atoms with van der Waals surface area (Å²) in [6.07, 6.45) is 6.59. The van der Waals surface area contributed by atoms with Crippen molar-refractivity contribution in [3.63, 3.8) is 0 Å². The number of anilines is 1. The minimum absolute atomic E-state index is 0.115. The van der Waals surface area contributed by atoms with E-state index in [-0.39, 0.29) is 5.41 Å². The zero-order valence-corrected chi connectivity index (χ0v) is 13.9. The SMILES string of the molecule is Cc1cnc(N2CCC3(CCN(CC(C)C)C3=O)CC2)nc1. The summed E-state index contributed by atoms with van der Waals surface area (Å²) < 4.78 is 0. The Morgan fingerprint density at radius 2 is 1.73 bits per heavy atom. The van der Waals surface area contributed by atoms with E-state index in [9.17, 15) is 4.79 Å². The predicted molar refractivity (Wildman–Crippen MR) is 86.7 cm³/mol. The summed E-state index contributed by atoms with van der Waals surface area (Å²) in [4.78, 5) is 25.9. The van der Waals surface area contributed by atoms with Crippen molar-refractivity contribution < 1.29 is 4.79 Å². The number of nitrogens with zero attached hydrogens (tertiary/aromatic N) is 4. The Morgan fingerprint density at radius 1 is 1.14 bits per heavy atom. The second-order valence-electron chi connectivity index (χ2n) is 7.22. The smallest absolute Gasteiger partial charge is 0.229 e. The Morgan fingerprint density at radius 3 is 2.32 bits per heavy atom. The maximum Gasteiger partial charge on any atom is 0.229 e. The molecule has 0 radical (unpaired) electrons. The first-order valence-corrected chi connectivity index (χ1v) is 8.33. The lowest BCUT2D eigenvalue weighted by Gasteiger charge is -2.38. The number of aromatic nitrogens is 2. The van der Waals surface area contributed by atoms with Gasteiger partial charge in [-0.25, -0.2) is 9.97 Å². The fourth-order valence-corrected chi connectivity index (χ4v) is 3.66. The minimum Gasteiger partial charge on any atom is -0.342 e. The van der Waals surface area contributed by atoms with Crippen molar-refractivity contribution in [2.24, 2.45) is 11.3 Å². The van der Waals surface area contributed by atoms with Gasteiger partial charge in [-0.05, 0) is 37.7 Å². The molecule has 0 unspecified atom stereocenters. The second-order valence-corrected chi connectivity index (χ2v) is 7.22. The van der Waals surface area contributed by atoms with Gasteiger partial charge in [0.05, 0.1) is 5.41 Å². The van der Waals surface area contributed by atoms with Gasteiger partial charge in [0, 0.05) is 38.6 Å². The van der Waals surface area contributed by atoms with Gasteiger partial charge in [-0.2, -0.15) is 0 Å². The van der Waals surface area contributed by atoms with Crippen LogP contribution in [-0.2, 0) is 4.79 Å². The highest BCUT2D eigenvalue weighted by Crippen LogP contribution is 2.42. The zero-order valence-electron chi connectivity index (χ0n) is 13.9. The van der Waals surface area contributed by atoms with E-state index in [2.05, 4.69) is 33.6 Å². The van der Waals surface area contributed by atoms with E-state index in [0.717, 1.165) is 57.0 Å². The van der Waals surface area contributed by atoms with Crippen LogP contribution in [0.2, 0.25) is 0 Å². The minimum atomic E-state index is -0.115. The summed E-state index contributed by atoms with van der Waals surface area (Å²) in [6.45, 7) is 9.93. The Labute approximate surface area is 132 Å². The fourth-order valence-electron chi connectivity index (χ4n) is 3.66. The van der Waals surface area contributed by atoms with Gasteiger partial charge in [-0.1, -0.05) is 13.8 Å². The molecule has 0 aliphatic carbocycles. The maximum absolute atomic E-state index is 12.8. The van der Waals surface area contributed by atoms with Crippen molar-refractivity contribution in [3.05, 3.63) is 18.0 Å². The highest BCUT2D eigenvalue weighted by molar-refractivity contribution is 5.85. The van der Waals surface area contributed by atoms with Gasteiger partial charge in [0.1, 0.15) is 0 Å². The van der Waals surface area contributed by atoms with E-state index in [4.69, 9.17) is 0 Å². The zero-order chi connectivity index (χ0) is 15.7. The first-order valence-electron chi connectivity index (χ1n) is 8.33. The monoisotopic (exact) mass is 302 g/mol. The van der Waals surface area contributed by atoms with Crippen molar-refractivity contribution >= 4 is 11.9 Å². The van der Waals surface area contributed by atoms with Crippen molar-refractivity contribution in [2.75, 3.05) is 31.1 Å². The average Bonchev–Trinajstić information content (AvgIpc) is 2.78. The Hall–Kier alpha value is -1.65. The van der Waals surface area contributed by atoms with Crippen LogP contribution < -0.4 is 4.90 Å². The Balaban J connectivity index is 1.64. The maximum atomic E-state index is 12.8. The van der Waals surface area contributed by atoms with Crippen LogP contribution in [0, 0.1) is 18.3 Å². The first-order chi connectivity index (χ1) is 10.5. The van der Waals surface area contributed by atoms with Crippen LogP contribution in [-0.4, -0.2) is 47.0 Å². The van der Waals surface area contributed by atoms with Gasteiger partial charge in [-0.3, -0.25) is 4.79 Å². The van der Waals surface area contributed by atoms with Gasteiger partial charge < -0.3 is 9.80 Å². The molecular weight excluding hydrogens is 276 g/mol. The molecule has 22 heavy (non-hydrogen) atoms. The number of carbonyl (C=O) groups excluding carboxylic acids is 1. The lowest BCUT2D eigenvalue weighted by Crippen LogP contribution is -2.45. The van der Waals surface area contributed by atoms with Crippen molar-refractivity contribution in [3.8, 4) is 0 Å². The van der Waals surface area contributed by atoms with E-state index in [1.54, 1.807) is 0 Å². The summed E-state index contributed by atoms with van der Waals surface area (Å²) in [6, 6.07) is 0. The molecule has 2 saturated heterocycles. The second kappa shape index (κ2) is 5.86. The number of carbonyl (C=O) groups is 1. The normalized spacial score (nSPS) is 21.2. The molecule has 1 spiro atoms. The molecule has 2 aliphatic heterocycles.